The Morgan fingerprint density at radius 1 is 0.684 bits per heavy atom. The average Bonchev–Trinajstić information content (AvgIpc) is 2.27. The molecule has 0 saturated heterocycles. The number of aliphatic hydroxyl groups is 3. The third-order valence-electron chi connectivity index (χ3n) is 2.61. The van der Waals surface area contributed by atoms with Crippen LogP contribution in [-0.2, 0) is 0 Å². The maximum Gasteiger partial charge on any atom is 0.0535 e. The highest BCUT2D eigenvalue weighted by atomic mass is 16.3. The summed E-state index contributed by atoms with van der Waals surface area (Å²) in [4.78, 5) is 0. The van der Waals surface area contributed by atoms with Gasteiger partial charge < -0.3 is 15.3 Å². The summed E-state index contributed by atoms with van der Waals surface area (Å²) in [6.07, 6.45) is 2.89. The van der Waals surface area contributed by atoms with Crippen LogP contribution in [0.5, 0.6) is 0 Å². The van der Waals surface area contributed by atoms with Crippen molar-refractivity contribution >= 4 is 0 Å². The first-order chi connectivity index (χ1) is 8.68. The second-order valence-electron chi connectivity index (χ2n) is 6.15. The van der Waals surface area contributed by atoms with Crippen molar-refractivity contribution in [1.82, 2.24) is 0 Å². The van der Waals surface area contributed by atoms with Crippen molar-refractivity contribution < 1.29 is 15.3 Å². The molecular weight excluding hydrogens is 240 g/mol. The highest BCUT2D eigenvalue weighted by Gasteiger charge is 1.97. The van der Waals surface area contributed by atoms with Gasteiger partial charge in [-0.3, -0.25) is 0 Å². The summed E-state index contributed by atoms with van der Waals surface area (Å²) < 4.78 is 0. The normalized spacial score (nSPS) is 11.8. The second-order valence-corrected chi connectivity index (χ2v) is 6.15. The summed E-state index contributed by atoms with van der Waals surface area (Å²) >= 11 is 0. The van der Waals surface area contributed by atoms with Gasteiger partial charge in [0.15, 0.2) is 0 Å². The van der Waals surface area contributed by atoms with Crippen molar-refractivity contribution in [3.05, 3.63) is 0 Å². The van der Waals surface area contributed by atoms with Gasteiger partial charge in [-0.25, -0.2) is 0 Å². The van der Waals surface area contributed by atoms with Crippen LogP contribution in [0.25, 0.3) is 0 Å². The lowest BCUT2D eigenvalue weighted by Crippen LogP contribution is -2.07. The van der Waals surface area contributed by atoms with E-state index in [2.05, 4.69) is 27.7 Å². The van der Waals surface area contributed by atoms with Crippen molar-refractivity contribution in [3.63, 3.8) is 0 Å². The molecule has 3 N–H and O–H groups in total. The quantitative estimate of drug-likeness (QED) is 0.697. The van der Waals surface area contributed by atoms with Crippen molar-refractivity contribution in [2.45, 2.75) is 73.8 Å². The molecule has 0 radical (unpaired) electrons. The first-order valence-electron chi connectivity index (χ1n) is 7.58. The predicted octanol–water partition coefficient (Wildman–Crippen LogP) is 3.46. The van der Waals surface area contributed by atoms with Crippen molar-refractivity contribution in [3.8, 4) is 0 Å². The fraction of sp³-hybridized carbons (Fsp3) is 1.00. The van der Waals surface area contributed by atoms with E-state index in [0.29, 0.717) is 25.0 Å². The fourth-order valence-electron chi connectivity index (χ4n) is 0.758. The molecule has 0 fully saturated rings. The summed E-state index contributed by atoms with van der Waals surface area (Å²) in [5, 5.41) is 25.2. The van der Waals surface area contributed by atoms with Crippen LogP contribution in [0, 0.1) is 17.8 Å². The minimum Gasteiger partial charge on any atom is -0.396 e. The molecule has 0 spiro atoms. The van der Waals surface area contributed by atoms with Gasteiger partial charge >= 0.3 is 0 Å². The summed E-state index contributed by atoms with van der Waals surface area (Å²) in [7, 11) is 0. The van der Waals surface area contributed by atoms with Crippen molar-refractivity contribution in [2.75, 3.05) is 13.2 Å². The molecule has 0 saturated carbocycles. The molecule has 19 heavy (non-hydrogen) atoms. The molecular formula is C16H38O3. The number of aliphatic hydroxyl groups excluding tert-OH is 3. The Morgan fingerprint density at radius 3 is 1.11 bits per heavy atom. The highest BCUT2D eigenvalue weighted by molar-refractivity contribution is 4.48. The van der Waals surface area contributed by atoms with Gasteiger partial charge in [0.2, 0.25) is 0 Å². The summed E-state index contributed by atoms with van der Waals surface area (Å²) in [6, 6.07) is 0. The SMILES string of the molecule is CC(C)C(C)O.CC(C)CCCO.CC(C)CCO. The zero-order valence-corrected chi connectivity index (χ0v) is 14.2. The first-order valence-corrected chi connectivity index (χ1v) is 7.58. The Balaban J connectivity index is -0.000000203. The van der Waals surface area contributed by atoms with Gasteiger partial charge in [-0.1, -0.05) is 41.5 Å². The van der Waals surface area contributed by atoms with E-state index in [1.807, 2.05) is 13.8 Å². The standard InChI is InChI=1S/C6H14O.2C5H12O/c1-6(2)4-3-5-7;1-5(2)3-4-6;1-4(2)5(3)6/h6-7H,3-5H2,1-2H3;5-6H,3-4H2,1-2H3;4-6H,1-3H3. The molecule has 0 aromatic rings. The number of hydrogen-bond acceptors (Lipinski definition) is 3. The fourth-order valence-corrected chi connectivity index (χ4v) is 0.758. The molecule has 0 aliphatic carbocycles. The van der Waals surface area contributed by atoms with Crippen molar-refractivity contribution in [1.29, 1.82) is 0 Å². The molecule has 3 heteroatoms. The molecule has 0 amide bonds. The third-order valence-corrected chi connectivity index (χ3v) is 2.61. The van der Waals surface area contributed by atoms with Crippen LogP contribution >= 0.6 is 0 Å². The molecule has 120 valence electrons. The van der Waals surface area contributed by atoms with E-state index in [-0.39, 0.29) is 6.10 Å². The maximum absolute atomic E-state index is 8.63. The molecule has 0 aliphatic rings. The Morgan fingerprint density at radius 2 is 1.05 bits per heavy atom. The number of rotatable bonds is 6. The molecule has 3 nitrogen and oxygen atoms in total. The van der Waals surface area contributed by atoms with Crippen LogP contribution in [0.1, 0.15) is 67.7 Å². The van der Waals surface area contributed by atoms with Gasteiger partial charge in [0.05, 0.1) is 6.10 Å². The van der Waals surface area contributed by atoms with Gasteiger partial charge in [-0.2, -0.15) is 0 Å². The van der Waals surface area contributed by atoms with E-state index in [4.69, 9.17) is 15.3 Å². The molecule has 0 aromatic heterocycles. The van der Waals surface area contributed by atoms with Gasteiger partial charge in [0.25, 0.3) is 0 Å². The smallest absolute Gasteiger partial charge is 0.0535 e. The van der Waals surface area contributed by atoms with Crippen LogP contribution in [0.4, 0.5) is 0 Å². The molecule has 0 aromatic carbocycles. The lowest BCUT2D eigenvalue weighted by molar-refractivity contribution is 0.144. The van der Waals surface area contributed by atoms with E-state index < -0.39 is 0 Å². The minimum atomic E-state index is -0.148. The topological polar surface area (TPSA) is 60.7 Å². The molecule has 0 heterocycles. The van der Waals surface area contributed by atoms with Gasteiger partial charge in [-0.05, 0) is 43.9 Å². The molecule has 1 atom stereocenters. The Labute approximate surface area is 121 Å². The van der Waals surface area contributed by atoms with E-state index in [1.54, 1.807) is 6.92 Å². The summed E-state index contributed by atoms with van der Waals surface area (Å²) in [6.45, 7) is 15.0. The minimum absolute atomic E-state index is 0.148. The summed E-state index contributed by atoms with van der Waals surface area (Å²) in [5.41, 5.74) is 0. The first kappa shape index (κ1) is 23.9. The van der Waals surface area contributed by atoms with E-state index in [9.17, 15) is 0 Å². The molecule has 0 rings (SSSR count). The van der Waals surface area contributed by atoms with Gasteiger partial charge in [0.1, 0.15) is 0 Å². The van der Waals surface area contributed by atoms with E-state index >= 15 is 0 Å². The van der Waals surface area contributed by atoms with Gasteiger partial charge in [-0.15, -0.1) is 0 Å². The van der Waals surface area contributed by atoms with E-state index in [1.165, 1.54) is 0 Å². The Kier molecular flexibility index (Phi) is 22.5. The second kappa shape index (κ2) is 17.9. The lowest BCUT2D eigenvalue weighted by atomic mass is 10.1. The Hall–Kier alpha value is -0.120. The van der Waals surface area contributed by atoms with Crippen LogP contribution in [0.3, 0.4) is 0 Å². The van der Waals surface area contributed by atoms with Gasteiger partial charge in [0, 0.05) is 13.2 Å². The molecule has 1 unspecified atom stereocenters. The van der Waals surface area contributed by atoms with E-state index in [0.717, 1.165) is 25.2 Å². The van der Waals surface area contributed by atoms with Crippen LogP contribution < -0.4 is 0 Å². The predicted molar refractivity (Wildman–Crippen MR) is 84.2 cm³/mol. The van der Waals surface area contributed by atoms with Crippen molar-refractivity contribution in [2.24, 2.45) is 17.8 Å². The largest absolute Gasteiger partial charge is 0.396 e. The molecule has 0 aliphatic heterocycles. The number of hydrogen-bond donors (Lipinski definition) is 3. The van der Waals surface area contributed by atoms with Crippen LogP contribution in [-0.4, -0.2) is 34.6 Å². The molecule has 0 bridgehead atoms. The third kappa shape index (κ3) is 38.1. The lowest BCUT2D eigenvalue weighted by Gasteiger charge is -2.04. The monoisotopic (exact) mass is 278 g/mol. The average molecular weight is 278 g/mol. The highest BCUT2D eigenvalue weighted by Crippen LogP contribution is 2.01. The summed E-state index contributed by atoms with van der Waals surface area (Å²) in [5.74, 6) is 1.80. The maximum atomic E-state index is 8.63. The van der Waals surface area contributed by atoms with Crippen LogP contribution in [0.2, 0.25) is 0 Å². The zero-order valence-electron chi connectivity index (χ0n) is 14.2. The zero-order chi connectivity index (χ0) is 15.8. The Bertz CT molecular complexity index is 137. The van der Waals surface area contributed by atoms with Crippen LogP contribution in [0.15, 0.2) is 0 Å².